The lowest BCUT2D eigenvalue weighted by Crippen LogP contribution is -2.08. The Hall–Kier alpha value is -3.23. The SMILES string of the molecule is CCOC(=O)c1c(-c2cc(F)ccc2F)noc1-c1ccc(F)c(F)c1F. The number of ether oxygens (including phenoxy) is 1. The second-order valence-electron chi connectivity index (χ2n) is 5.30. The summed E-state index contributed by atoms with van der Waals surface area (Å²) in [5.74, 6) is -8.35. The van der Waals surface area contributed by atoms with Crippen molar-refractivity contribution in [3.8, 4) is 22.6 Å². The third-order valence-corrected chi connectivity index (χ3v) is 3.63. The van der Waals surface area contributed by atoms with E-state index in [0.29, 0.717) is 6.07 Å². The Labute approximate surface area is 149 Å². The van der Waals surface area contributed by atoms with E-state index in [2.05, 4.69) is 5.16 Å². The zero-order chi connectivity index (χ0) is 19.7. The lowest BCUT2D eigenvalue weighted by Gasteiger charge is -2.06. The van der Waals surface area contributed by atoms with Gasteiger partial charge in [0.25, 0.3) is 0 Å². The molecule has 0 amide bonds. The molecule has 0 saturated heterocycles. The number of hydrogen-bond acceptors (Lipinski definition) is 4. The van der Waals surface area contributed by atoms with Gasteiger partial charge in [0.2, 0.25) is 0 Å². The van der Waals surface area contributed by atoms with E-state index in [1.165, 1.54) is 6.92 Å². The molecule has 27 heavy (non-hydrogen) atoms. The highest BCUT2D eigenvalue weighted by Gasteiger charge is 2.30. The van der Waals surface area contributed by atoms with Crippen molar-refractivity contribution in [2.24, 2.45) is 0 Å². The Morgan fingerprint density at radius 3 is 2.41 bits per heavy atom. The van der Waals surface area contributed by atoms with E-state index in [0.717, 1.165) is 24.3 Å². The maximum Gasteiger partial charge on any atom is 0.344 e. The number of rotatable bonds is 4. The maximum absolute atomic E-state index is 14.1. The summed E-state index contributed by atoms with van der Waals surface area (Å²) in [6.07, 6.45) is 0. The van der Waals surface area contributed by atoms with Crippen LogP contribution in [0.3, 0.4) is 0 Å². The molecule has 9 heteroatoms. The van der Waals surface area contributed by atoms with E-state index in [1.54, 1.807) is 0 Å². The molecule has 0 radical (unpaired) electrons. The third kappa shape index (κ3) is 3.27. The number of benzene rings is 2. The number of nitrogens with zero attached hydrogens (tertiary/aromatic N) is 1. The van der Waals surface area contributed by atoms with Crippen molar-refractivity contribution in [1.82, 2.24) is 5.16 Å². The highest BCUT2D eigenvalue weighted by Crippen LogP contribution is 2.36. The smallest absolute Gasteiger partial charge is 0.344 e. The molecule has 4 nitrogen and oxygen atoms in total. The minimum Gasteiger partial charge on any atom is -0.462 e. The van der Waals surface area contributed by atoms with Gasteiger partial charge < -0.3 is 9.26 Å². The van der Waals surface area contributed by atoms with E-state index in [1.807, 2.05) is 0 Å². The zero-order valence-corrected chi connectivity index (χ0v) is 13.7. The fraction of sp³-hybridized carbons (Fsp3) is 0.111. The van der Waals surface area contributed by atoms with Gasteiger partial charge in [-0.1, -0.05) is 5.16 Å². The predicted octanol–water partition coefficient (Wildman–Crippen LogP) is 4.88. The summed E-state index contributed by atoms with van der Waals surface area (Å²) in [5.41, 5.74) is -2.10. The van der Waals surface area contributed by atoms with Gasteiger partial charge in [0.1, 0.15) is 22.9 Å². The van der Waals surface area contributed by atoms with Gasteiger partial charge in [0.15, 0.2) is 23.2 Å². The van der Waals surface area contributed by atoms with Crippen molar-refractivity contribution in [3.05, 3.63) is 65.0 Å². The highest BCUT2D eigenvalue weighted by atomic mass is 19.2. The van der Waals surface area contributed by atoms with Crippen LogP contribution in [0.4, 0.5) is 22.0 Å². The number of esters is 1. The Morgan fingerprint density at radius 2 is 1.70 bits per heavy atom. The molecule has 0 aliphatic heterocycles. The van der Waals surface area contributed by atoms with Gasteiger partial charge in [0.05, 0.1) is 12.2 Å². The average Bonchev–Trinajstić information content (AvgIpc) is 3.06. The van der Waals surface area contributed by atoms with Gasteiger partial charge in [-0.25, -0.2) is 26.7 Å². The molecule has 1 aromatic heterocycles. The summed E-state index contributed by atoms with van der Waals surface area (Å²) in [5, 5.41) is 3.50. The molecule has 0 atom stereocenters. The third-order valence-electron chi connectivity index (χ3n) is 3.63. The summed E-state index contributed by atoms with van der Waals surface area (Å²) in [6, 6.07) is 3.84. The second kappa shape index (κ2) is 7.18. The van der Waals surface area contributed by atoms with Gasteiger partial charge in [-0.2, -0.15) is 0 Å². The Kier molecular flexibility index (Phi) is 4.93. The molecule has 2 aromatic carbocycles. The normalized spacial score (nSPS) is 10.9. The Balaban J connectivity index is 2.28. The van der Waals surface area contributed by atoms with Gasteiger partial charge in [-0.3, -0.25) is 0 Å². The van der Waals surface area contributed by atoms with Crippen LogP contribution >= 0.6 is 0 Å². The van der Waals surface area contributed by atoms with Crippen LogP contribution in [-0.2, 0) is 4.74 Å². The molecule has 0 bridgehead atoms. The van der Waals surface area contributed by atoms with Gasteiger partial charge in [0, 0.05) is 5.56 Å². The first-order valence-corrected chi connectivity index (χ1v) is 7.61. The lowest BCUT2D eigenvalue weighted by molar-refractivity contribution is 0.0527. The average molecular weight is 383 g/mol. The fourth-order valence-electron chi connectivity index (χ4n) is 2.43. The van der Waals surface area contributed by atoms with Crippen LogP contribution < -0.4 is 0 Å². The number of hydrogen-bond donors (Lipinski definition) is 0. The minimum absolute atomic E-state index is 0.102. The summed E-state index contributed by atoms with van der Waals surface area (Å²) < 4.78 is 78.2. The monoisotopic (exact) mass is 383 g/mol. The van der Waals surface area contributed by atoms with Gasteiger partial charge in [-0.15, -0.1) is 0 Å². The summed E-state index contributed by atoms with van der Waals surface area (Å²) in [6.45, 7) is 1.38. The number of carbonyl (C=O) groups is 1. The molecule has 140 valence electrons. The van der Waals surface area contributed by atoms with Crippen molar-refractivity contribution in [3.63, 3.8) is 0 Å². The van der Waals surface area contributed by atoms with Crippen molar-refractivity contribution < 1.29 is 36.0 Å². The lowest BCUT2D eigenvalue weighted by atomic mass is 10.0. The van der Waals surface area contributed by atoms with Crippen molar-refractivity contribution in [2.45, 2.75) is 6.92 Å². The quantitative estimate of drug-likeness (QED) is 0.366. The zero-order valence-electron chi connectivity index (χ0n) is 13.7. The predicted molar refractivity (Wildman–Crippen MR) is 83.1 cm³/mol. The van der Waals surface area contributed by atoms with Crippen LogP contribution in [0.2, 0.25) is 0 Å². The molecular weight excluding hydrogens is 373 g/mol. The van der Waals surface area contributed by atoms with Crippen LogP contribution in [0.5, 0.6) is 0 Å². The Bertz CT molecular complexity index is 1030. The van der Waals surface area contributed by atoms with E-state index < -0.39 is 63.2 Å². The van der Waals surface area contributed by atoms with Crippen LogP contribution in [0.25, 0.3) is 22.6 Å². The summed E-state index contributed by atoms with van der Waals surface area (Å²) >= 11 is 0. The van der Waals surface area contributed by atoms with Gasteiger partial charge in [-0.05, 0) is 37.3 Å². The molecule has 0 aliphatic carbocycles. The number of halogens is 5. The molecule has 0 fully saturated rings. The molecule has 0 saturated carbocycles. The summed E-state index contributed by atoms with van der Waals surface area (Å²) in [7, 11) is 0. The van der Waals surface area contributed by atoms with Crippen molar-refractivity contribution in [1.29, 1.82) is 0 Å². The largest absolute Gasteiger partial charge is 0.462 e. The van der Waals surface area contributed by atoms with E-state index in [9.17, 15) is 26.7 Å². The number of carbonyl (C=O) groups excluding carboxylic acids is 1. The minimum atomic E-state index is -1.79. The first kappa shape index (κ1) is 18.6. The van der Waals surface area contributed by atoms with E-state index in [-0.39, 0.29) is 6.61 Å². The standard InChI is InChI=1S/C18H10F5NO3/c1-2-26-18(25)13-16(10-7-8(19)3-5-11(10)20)24-27-17(13)9-4-6-12(21)15(23)14(9)22/h3-7H,2H2,1H3. The number of aromatic nitrogens is 1. The van der Waals surface area contributed by atoms with E-state index in [4.69, 9.17) is 9.26 Å². The van der Waals surface area contributed by atoms with E-state index >= 15 is 0 Å². The highest BCUT2D eigenvalue weighted by molar-refractivity contribution is 6.01. The molecule has 3 rings (SSSR count). The molecule has 1 heterocycles. The molecule has 3 aromatic rings. The van der Waals surface area contributed by atoms with Gasteiger partial charge >= 0.3 is 5.97 Å². The Morgan fingerprint density at radius 1 is 1.00 bits per heavy atom. The van der Waals surface area contributed by atoms with Crippen molar-refractivity contribution in [2.75, 3.05) is 6.61 Å². The van der Waals surface area contributed by atoms with Crippen molar-refractivity contribution >= 4 is 5.97 Å². The molecule has 0 spiro atoms. The van der Waals surface area contributed by atoms with Crippen LogP contribution in [0.15, 0.2) is 34.9 Å². The molecule has 0 N–H and O–H groups in total. The first-order valence-electron chi connectivity index (χ1n) is 7.61. The fourth-order valence-corrected chi connectivity index (χ4v) is 2.43. The van der Waals surface area contributed by atoms with Crippen LogP contribution in [0, 0.1) is 29.1 Å². The maximum atomic E-state index is 14.1. The molecule has 0 unspecified atom stereocenters. The summed E-state index contributed by atoms with van der Waals surface area (Å²) in [4.78, 5) is 12.3. The molecule has 0 aliphatic rings. The van der Waals surface area contributed by atoms with Crippen LogP contribution in [-0.4, -0.2) is 17.7 Å². The molecular formula is C18H10F5NO3. The second-order valence-corrected chi connectivity index (χ2v) is 5.30. The van der Waals surface area contributed by atoms with Crippen LogP contribution in [0.1, 0.15) is 17.3 Å². The topological polar surface area (TPSA) is 52.3 Å². The first-order chi connectivity index (χ1) is 12.8.